The molecule has 3 heterocycles. The Morgan fingerprint density at radius 3 is 2.69 bits per heavy atom. The van der Waals surface area contributed by atoms with Gasteiger partial charge in [0.25, 0.3) is 0 Å². The largest absolute Gasteiger partial charge is 0.369 e. The molecule has 1 aliphatic heterocycles. The lowest BCUT2D eigenvalue weighted by molar-refractivity contribution is 0.586. The third kappa shape index (κ3) is 3.50. The fraction of sp³-hybridized carbons (Fsp3) is 0.333. The minimum atomic E-state index is -2.89. The molecule has 3 aromatic rings. The summed E-state index contributed by atoms with van der Waals surface area (Å²) >= 11 is 0. The standard InChI is InChI=1S/C18H21N5O2S/c1-13-20-15-6-7-17(22-18(15)21-13)19-12-14-4-2-3-5-16(14)23-8-10-26(24,25)11-9-23/h2-7H,8-12H2,1H3,(H2,19,20,21,22). The lowest BCUT2D eigenvalue weighted by Gasteiger charge is -2.30. The number of aryl methyl sites for hydroxylation is 1. The van der Waals surface area contributed by atoms with Crippen LogP contribution in [0.5, 0.6) is 0 Å². The number of nitrogens with one attached hydrogen (secondary N) is 2. The summed E-state index contributed by atoms with van der Waals surface area (Å²) in [5.74, 6) is 2.03. The van der Waals surface area contributed by atoms with Gasteiger partial charge in [-0.15, -0.1) is 0 Å². The van der Waals surface area contributed by atoms with Crippen molar-refractivity contribution in [2.24, 2.45) is 0 Å². The van der Waals surface area contributed by atoms with Gasteiger partial charge in [-0.1, -0.05) is 18.2 Å². The Balaban J connectivity index is 1.51. The Kier molecular flexibility index (Phi) is 4.28. The molecule has 26 heavy (non-hydrogen) atoms. The summed E-state index contributed by atoms with van der Waals surface area (Å²) in [4.78, 5) is 14.2. The van der Waals surface area contributed by atoms with Crippen LogP contribution in [0.3, 0.4) is 0 Å². The molecule has 0 amide bonds. The zero-order valence-electron chi connectivity index (χ0n) is 14.6. The van der Waals surface area contributed by atoms with Gasteiger partial charge < -0.3 is 15.2 Å². The summed E-state index contributed by atoms with van der Waals surface area (Å²) in [6.07, 6.45) is 0. The molecule has 1 fully saturated rings. The second-order valence-corrected chi connectivity index (χ2v) is 8.81. The van der Waals surface area contributed by atoms with Crippen molar-refractivity contribution in [2.45, 2.75) is 13.5 Å². The number of sulfone groups is 1. The maximum atomic E-state index is 11.7. The molecule has 8 heteroatoms. The van der Waals surface area contributed by atoms with Crippen LogP contribution in [0.1, 0.15) is 11.4 Å². The Labute approximate surface area is 152 Å². The van der Waals surface area contributed by atoms with Gasteiger partial charge in [0.1, 0.15) is 11.6 Å². The molecule has 2 aromatic heterocycles. The molecule has 2 N–H and O–H groups in total. The Morgan fingerprint density at radius 1 is 1.12 bits per heavy atom. The van der Waals surface area contributed by atoms with Crippen LogP contribution in [0.4, 0.5) is 11.5 Å². The molecule has 1 aliphatic rings. The second kappa shape index (κ2) is 6.60. The molecule has 4 rings (SSSR count). The number of hydrogen-bond donors (Lipinski definition) is 2. The van der Waals surface area contributed by atoms with Gasteiger partial charge in [0.2, 0.25) is 0 Å². The highest BCUT2D eigenvalue weighted by Crippen LogP contribution is 2.23. The van der Waals surface area contributed by atoms with Gasteiger partial charge in [0.15, 0.2) is 15.5 Å². The van der Waals surface area contributed by atoms with E-state index in [4.69, 9.17) is 0 Å². The van der Waals surface area contributed by atoms with Crippen molar-refractivity contribution in [2.75, 3.05) is 34.8 Å². The number of aromatic amines is 1. The first-order chi connectivity index (χ1) is 12.5. The predicted octanol–water partition coefficient (Wildman–Crippen LogP) is 2.11. The molecule has 7 nitrogen and oxygen atoms in total. The number of imidazole rings is 1. The summed E-state index contributed by atoms with van der Waals surface area (Å²) in [6, 6.07) is 12.0. The maximum absolute atomic E-state index is 11.7. The van der Waals surface area contributed by atoms with Gasteiger partial charge in [-0.05, 0) is 30.7 Å². The lowest BCUT2D eigenvalue weighted by Crippen LogP contribution is -2.40. The van der Waals surface area contributed by atoms with Gasteiger partial charge in [-0.25, -0.2) is 18.4 Å². The third-order valence-electron chi connectivity index (χ3n) is 4.60. The van der Waals surface area contributed by atoms with Crippen molar-refractivity contribution < 1.29 is 8.42 Å². The summed E-state index contributed by atoms with van der Waals surface area (Å²) in [5.41, 5.74) is 3.81. The van der Waals surface area contributed by atoms with Gasteiger partial charge in [0, 0.05) is 25.3 Å². The van der Waals surface area contributed by atoms with Crippen molar-refractivity contribution in [3.63, 3.8) is 0 Å². The van der Waals surface area contributed by atoms with E-state index in [1.165, 1.54) is 0 Å². The predicted molar refractivity (Wildman–Crippen MR) is 103 cm³/mol. The first-order valence-electron chi connectivity index (χ1n) is 8.61. The number of fused-ring (bicyclic) bond motifs is 1. The van der Waals surface area contributed by atoms with Crippen molar-refractivity contribution in [1.29, 1.82) is 0 Å². The Morgan fingerprint density at radius 2 is 1.88 bits per heavy atom. The summed E-state index contributed by atoms with van der Waals surface area (Å²) in [7, 11) is -2.89. The van der Waals surface area contributed by atoms with E-state index in [0.717, 1.165) is 28.4 Å². The van der Waals surface area contributed by atoms with Crippen LogP contribution in [-0.2, 0) is 16.4 Å². The zero-order chi connectivity index (χ0) is 18.1. The Hall–Kier alpha value is -2.61. The van der Waals surface area contributed by atoms with E-state index in [0.29, 0.717) is 25.3 Å². The van der Waals surface area contributed by atoms with Crippen molar-refractivity contribution in [3.8, 4) is 0 Å². The van der Waals surface area contributed by atoms with Crippen molar-refractivity contribution in [1.82, 2.24) is 15.0 Å². The smallest absolute Gasteiger partial charge is 0.179 e. The topological polar surface area (TPSA) is 91.0 Å². The molecule has 0 unspecified atom stereocenters. The molecule has 136 valence electrons. The number of nitrogens with zero attached hydrogens (tertiary/aromatic N) is 3. The van der Waals surface area contributed by atoms with Gasteiger partial charge in [-0.2, -0.15) is 0 Å². The van der Waals surface area contributed by atoms with Crippen LogP contribution >= 0.6 is 0 Å². The number of hydrogen-bond acceptors (Lipinski definition) is 6. The van der Waals surface area contributed by atoms with Crippen LogP contribution < -0.4 is 10.2 Å². The minimum Gasteiger partial charge on any atom is -0.369 e. The summed E-state index contributed by atoms with van der Waals surface area (Å²) in [6.45, 7) is 3.59. The highest BCUT2D eigenvalue weighted by molar-refractivity contribution is 7.91. The fourth-order valence-corrected chi connectivity index (χ4v) is 4.42. The van der Waals surface area contributed by atoms with Crippen molar-refractivity contribution in [3.05, 3.63) is 47.8 Å². The van der Waals surface area contributed by atoms with E-state index < -0.39 is 9.84 Å². The quantitative estimate of drug-likeness (QED) is 0.730. The zero-order valence-corrected chi connectivity index (χ0v) is 15.4. The summed E-state index contributed by atoms with van der Waals surface area (Å²) in [5, 5.41) is 3.35. The molecule has 0 bridgehead atoms. The first kappa shape index (κ1) is 16.8. The van der Waals surface area contributed by atoms with Gasteiger partial charge in [0.05, 0.1) is 17.0 Å². The van der Waals surface area contributed by atoms with Crippen LogP contribution in [0.15, 0.2) is 36.4 Å². The highest BCUT2D eigenvalue weighted by atomic mass is 32.2. The van der Waals surface area contributed by atoms with Gasteiger partial charge in [-0.3, -0.25) is 0 Å². The number of benzene rings is 1. The molecular formula is C18H21N5O2S. The van der Waals surface area contributed by atoms with Crippen LogP contribution in [0.25, 0.3) is 11.2 Å². The average molecular weight is 371 g/mol. The van der Waals surface area contributed by atoms with Crippen LogP contribution in [0, 0.1) is 6.92 Å². The van der Waals surface area contributed by atoms with Crippen LogP contribution in [-0.4, -0.2) is 48.0 Å². The number of aromatic nitrogens is 3. The van der Waals surface area contributed by atoms with E-state index in [9.17, 15) is 8.42 Å². The van der Waals surface area contributed by atoms with E-state index in [1.54, 1.807) is 0 Å². The molecule has 0 saturated carbocycles. The average Bonchev–Trinajstić information content (AvgIpc) is 2.99. The molecular weight excluding hydrogens is 350 g/mol. The van der Waals surface area contributed by atoms with E-state index in [2.05, 4.69) is 31.2 Å². The molecule has 1 aromatic carbocycles. The van der Waals surface area contributed by atoms with E-state index in [-0.39, 0.29) is 11.5 Å². The number of para-hydroxylation sites is 1. The van der Waals surface area contributed by atoms with Crippen LogP contribution in [0.2, 0.25) is 0 Å². The van der Waals surface area contributed by atoms with E-state index >= 15 is 0 Å². The third-order valence-corrected chi connectivity index (χ3v) is 6.21. The maximum Gasteiger partial charge on any atom is 0.179 e. The fourth-order valence-electron chi connectivity index (χ4n) is 3.22. The molecule has 1 saturated heterocycles. The SMILES string of the molecule is Cc1nc2nc(NCc3ccccc3N3CCS(=O)(=O)CC3)ccc2[nH]1. The minimum absolute atomic E-state index is 0.214. The van der Waals surface area contributed by atoms with E-state index in [1.807, 2.05) is 37.3 Å². The summed E-state index contributed by atoms with van der Waals surface area (Å²) < 4.78 is 23.4. The Bertz CT molecular complexity index is 1030. The number of H-pyrrole nitrogens is 1. The first-order valence-corrected chi connectivity index (χ1v) is 10.4. The lowest BCUT2D eigenvalue weighted by atomic mass is 10.1. The number of pyridine rings is 1. The second-order valence-electron chi connectivity index (χ2n) is 6.51. The molecule has 0 aliphatic carbocycles. The number of rotatable bonds is 4. The number of anilines is 2. The molecule has 0 radical (unpaired) electrons. The molecule has 0 atom stereocenters. The van der Waals surface area contributed by atoms with Crippen molar-refractivity contribution >= 4 is 32.5 Å². The van der Waals surface area contributed by atoms with Gasteiger partial charge >= 0.3 is 0 Å². The monoisotopic (exact) mass is 371 g/mol. The normalized spacial score (nSPS) is 16.7. The highest BCUT2D eigenvalue weighted by Gasteiger charge is 2.23. The molecule has 0 spiro atoms.